The van der Waals surface area contributed by atoms with Gasteiger partial charge in [0.05, 0.1) is 25.6 Å². The van der Waals surface area contributed by atoms with E-state index in [9.17, 15) is 0 Å². The molecule has 2 aromatic rings. The predicted octanol–water partition coefficient (Wildman–Crippen LogP) is 3.97. The molecule has 90 valence electrons. The molecule has 0 bridgehead atoms. The molecular formula is C13H14BrNO2. The fourth-order valence-corrected chi connectivity index (χ4v) is 2.24. The second-order valence-corrected chi connectivity index (χ2v) is 4.65. The summed E-state index contributed by atoms with van der Waals surface area (Å²) in [6.07, 6.45) is 1.67. The van der Waals surface area contributed by atoms with Gasteiger partial charge < -0.3 is 14.5 Å². The maximum atomic E-state index is 5.35. The van der Waals surface area contributed by atoms with Gasteiger partial charge in [-0.2, -0.15) is 0 Å². The third-order valence-electron chi connectivity index (χ3n) is 2.50. The Hall–Kier alpha value is -1.42. The van der Waals surface area contributed by atoms with Crippen molar-refractivity contribution >= 4 is 21.6 Å². The van der Waals surface area contributed by atoms with Gasteiger partial charge in [-0.1, -0.05) is 15.9 Å². The van der Waals surface area contributed by atoms with Gasteiger partial charge in [0.2, 0.25) is 0 Å². The summed E-state index contributed by atoms with van der Waals surface area (Å²) >= 11 is 3.45. The van der Waals surface area contributed by atoms with Crippen LogP contribution >= 0.6 is 15.9 Å². The molecule has 2 rings (SSSR count). The molecule has 3 nitrogen and oxygen atoms in total. The van der Waals surface area contributed by atoms with Gasteiger partial charge in [-0.05, 0) is 36.8 Å². The SMILES string of the molecule is COc1cc(Br)cc(C)c1NCc1ccco1. The van der Waals surface area contributed by atoms with Crippen LogP contribution in [-0.2, 0) is 6.54 Å². The van der Waals surface area contributed by atoms with E-state index in [2.05, 4.69) is 21.2 Å². The first-order chi connectivity index (χ1) is 8.20. The molecule has 0 saturated carbocycles. The molecule has 0 aliphatic rings. The monoisotopic (exact) mass is 295 g/mol. The molecule has 17 heavy (non-hydrogen) atoms. The number of rotatable bonds is 4. The molecule has 0 amide bonds. The standard InChI is InChI=1S/C13H14BrNO2/c1-9-6-10(14)7-12(16-2)13(9)15-8-11-4-3-5-17-11/h3-7,15H,8H2,1-2H3. The number of hydrogen-bond acceptors (Lipinski definition) is 3. The number of hydrogen-bond donors (Lipinski definition) is 1. The van der Waals surface area contributed by atoms with Crippen molar-refractivity contribution < 1.29 is 9.15 Å². The zero-order valence-electron chi connectivity index (χ0n) is 9.79. The van der Waals surface area contributed by atoms with E-state index >= 15 is 0 Å². The highest BCUT2D eigenvalue weighted by Gasteiger charge is 2.08. The van der Waals surface area contributed by atoms with E-state index < -0.39 is 0 Å². The summed E-state index contributed by atoms with van der Waals surface area (Å²) in [5.74, 6) is 1.72. The Balaban J connectivity index is 2.19. The van der Waals surface area contributed by atoms with Gasteiger partial charge in [0.15, 0.2) is 0 Å². The highest BCUT2D eigenvalue weighted by molar-refractivity contribution is 9.10. The second-order valence-electron chi connectivity index (χ2n) is 3.73. The minimum atomic E-state index is 0.645. The number of aryl methyl sites for hydroxylation is 1. The van der Waals surface area contributed by atoms with E-state index in [0.29, 0.717) is 6.54 Å². The largest absolute Gasteiger partial charge is 0.495 e. The van der Waals surface area contributed by atoms with Crippen molar-refractivity contribution in [1.82, 2.24) is 0 Å². The molecule has 0 atom stereocenters. The summed E-state index contributed by atoms with van der Waals surface area (Å²) in [6, 6.07) is 7.81. The van der Waals surface area contributed by atoms with Gasteiger partial charge >= 0.3 is 0 Å². The third-order valence-corrected chi connectivity index (χ3v) is 2.96. The number of anilines is 1. The van der Waals surface area contributed by atoms with Gasteiger partial charge in [0.25, 0.3) is 0 Å². The maximum absolute atomic E-state index is 5.35. The Morgan fingerprint density at radius 3 is 2.88 bits per heavy atom. The number of methoxy groups -OCH3 is 1. The number of halogens is 1. The Morgan fingerprint density at radius 1 is 1.41 bits per heavy atom. The van der Waals surface area contributed by atoms with E-state index in [1.807, 2.05) is 31.2 Å². The highest BCUT2D eigenvalue weighted by atomic mass is 79.9. The van der Waals surface area contributed by atoms with Crippen molar-refractivity contribution in [2.75, 3.05) is 12.4 Å². The average Bonchev–Trinajstić information content (AvgIpc) is 2.79. The topological polar surface area (TPSA) is 34.4 Å². The lowest BCUT2D eigenvalue weighted by molar-refractivity contribution is 0.415. The summed E-state index contributed by atoms with van der Waals surface area (Å²) in [5, 5.41) is 3.32. The Bertz CT molecular complexity index is 494. The molecule has 0 saturated heterocycles. The van der Waals surface area contributed by atoms with Gasteiger partial charge in [-0.25, -0.2) is 0 Å². The quantitative estimate of drug-likeness (QED) is 0.927. The average molecular weight is 296 g/mol. The molecular weight excluding hydrogens is 282 g/mol. The highest BCUT2D eigenvalue weighted by Crippen LogP contribution is 2.32. The zero-order chi connectivity index (χ0) is 12.3. The fourth-order valence-electron chi connectivity index (χ4n) is 1.69. The van der Waals surface area contributed by atoms with Crippen molar-refractivity contribution in [2.24, 2.45) is 0 Å². The molecule has 1 aromatic carbocycles. The molecule has 1 N–H and O–H groups in total. The van der Waals surface area contributed by atoms with Crippen LogP contribution in [-0.4, -0.2) is 7.11 Å². The number of ether oxygens (including phenoxy) is 1. The van der Waals surface area contributed by atoms with Crippen LogP contribution in [0.4, 0.5) is 5.69 Å². The Kier molecular flexibility index (Phi) is 3.74. The van der Waals surface area contributed by atoms with E-state index in [0.717, 1.165) is 27.2 Å². The fraction of sp³-hybridized carbons (Fsp3) is 0.231. The number of nitrogens with one attached hydrogen (secondary N) is 1. The van der Waals surface area contributed by atoms with Crippen molar-refractivity contribution in [3.63, 3.8) is 0 Å². The summed E-state index contributed by atoms with van der Waals surface area (Å²) in [5.41, 5.74) is 2.12. The van der Waals surface area contributed by atoms with Crippen LogP contribution in [0, 0.1) is 6.92 Å². The molecule has 1 aromatic heterocycles. The number of furan rings is 1. The van der Waals surface area contributed by atoms with Crippen LogP contribution in [0.5, 0.6) is 5.75 Å². The van der Waals surface area contributed by atoms with Gasteiger partial charge in [0.1, 0.15) is 11.5 Å². The third kappa shape index (κ3) is 2.82. The van der Waals surface area contributed by atoms with E-state index in [-0.39, 0.29) is 0 Å². The molecule has 0 unspecified atom stereocenters. The van der Waals surface area contributed by atoms with Crippen LogP contribution in [0.15, 0.2) is 39.4 Å². The van der Waals surface area contributed by atoms with Crippen molar-refractivity contribution in [2.45, 2.75) is 13.5 Å². The molecule has 0 spiro atoms. The van der Waals surface area contributed by atoms with Crippen LogP contribution < -0.4 is 10.1 Å². The normalized spacial score (nSPS) is 10.3. The lowest BCUT2D eigenvalue weighted by Crippen LogP contribution is -2.02. The summed E-state index contributed by atoms with van der Waals surface area (Å²) in [6.45, 7) is 2.68. The van der Waals surface area contributed by atoms with Crippen LogP contribution in [0.2, 0.25) is 0 Å². The minimum absolute atomic E-state index is 0.645. The number of benzene rings is 1. The molecule has 0 fully saturated rings. The van der Waals surface area contributed by atoms with Gasteiger partial charge in [-0.15, -0.1) is 0 Å². The lowest BCUT2D eigenvalue weighted by Gasteiger charge is -2.13. The molecule has 4 heteroatoms. The molecule has 0 aliphatic heterocycles. The van der Waals surface area contributed by atoms with Gasteiger partial charge in [-0.3, -0.25) is 0 Å². The van der Waals surface area contributed by atoms with Crippen LogP contribution in [0.1, 0.15) is 11.3 Å². The van der Waals surface area contributed by atoms with Gasteiger partial charge in [0, 0.05) is 4.47 Å². The Morgan fingerprint density at radius 2 is 2.24 bits per heavy atom. The maximum Gasteiger partial charge on any atom is 0.143 e. The summed E-state index contributed by atoms with van der Waals surface area (Å²) < 4.78 is 11.6. The minimum Gasteiger partial charge on any atom is -0.495 e. The van der Waals surface area contributed by atoms with E-state index in [1.165, 1.54) is 0 Å². The Labute approximate surface area is 109 Å². The van der Waals surface area contributed by atoms with Crippen molar-refractivity contribution in [3.8, 4) is 5.75 Å². The lowest BCUT2D eigenvalue weighted by atomic mass is 10.2. The first-order valence-electron chi connectivity index (χ1n) is 5.31. The first kappa shape index (κ1) is 12.0. The van der Waals surface area contributed by atoms with Crippen molar-refractivity contribution in [1.29, 1.82) is 0 Å². The summed E-state index contributed by atoms with van der Waals surface area (Å²) in [4.78, 5) is 0. The second kappa shape index (κ2) is 5.27. The molecule has 0 radical (unpaired) electrons. The zero-order valence-corrected chi connectivity index (χ0v) is 11.4. The summed E-state index contributed by atoms with van der Waals surface area (Å²) in [7, 11) is 1.67. The first-order valence-corrected chi connectivity index (χ1v) is 6.10. The van der Waals surface area contributed by atoms with Crippen LogP contribution in [0.25, 0.3) is 0 Å². The van der Waals surface area contributed by atoms with Crippen LogP contribution in [0.3, 0.4) is 0 Å². The molecule has 0 aliphatic carbocycles. The van der Waals surface area contributed by atoms with E-state index in [1.54, 1.807) is 13.4 Å². The van der Waals surface area contributed by atoms with Crippen molar-refractivity contribution in [3.05, 3.63) is 46.3 Å². The van der Waals surface area contributed by atoms with E-state index in [4.69, 9.17) is 9.15 Å². The smallest absolute Gasteiger partial charge is 0.143 e. The molecule has 1 heterocycles. The predicted molar refractivity (Wildman–Crippen MR) is 71.5 cm³/mol.